The zero-order valence-electron chi connectivity index (χ0n) is 7.13. The maximum Gasteiger partial charge on any atom is 0.0406 e. The van der Waals surface area contributed by atoms with Crippen LogP contribution in [0.1, 0.15) is 18.9 Å². The minimum atomic E-state index is 0.819. The first kappa shape index (κ1) is 11.8. The number of hydrogen-bond donors (Lipinski definition) is 2. The molecule has 2 N–H and O–H groups in total. The zero-order valence-corrected chi connectivity index (χ0v) is 8.78. The Morgan fingerprint density at radius 1 is 1.25 bits per heavy atom. The molecule has 0 spiro atoms. The van der Waals surface area contributed by atoms with Gasteiger partial charge in [-0.1, -0.05) is 37.1 Å². The second kappa shape index (κ2) is 7.47. The molecule has 0 aliphatic carbocycles. The minimum Gasteiger partial charge on any atom is -0.281 e. The van der Waals surface area contributed by atoms with Crippen LogP contribution in [0.5, 0.6) is 0 Å². The molecule has 1 aromatic rings. The number of rotatable bonds is 2. The Morgan fingerprint density at radius 3 is 2.17 bits per heavy atom. The molecule has 0 aliphatic heterocycles. The maximum absolute atomic E-state index is 5.71. The molecular formula is C9H14ClNS. The zero-order chi connectivity index (χ0) is 9.40. The smallest absolute Gasteiger partial charge is 0.0406 e. The van der Waals surface area contributed by atoms with E-state index in [1.165, 1.54) is 12.0 Å². The van der Waals surface area contributed by atoms with Gasteiger partial charge >= 0.3 is 0 Å². The van der Waals surface area contributed by atoms with Crippen LogP contribution in [0.25, 0.3) is 0 Å². The molecule has 1 nitrogen and oxygen atoms in total. The van der Waals surface area contributed by atoms with E-state index in [2.05, 4.69) is 37.0 Å². The van der Waals surface area contributed by atoms with E-state index in [9.17, 15) is 0 Å². The molecule has 0 fully saturated rings. The Labute approximate surface area is 84.5 Å². The van der Waals surface area contributed by atoms with Crippen LogP contribution in [0.4, 0.5) is 0 Å². The van der Waals surface area contributed by atoms with Crippen LogP contribution in [0.3, 0.4) is 0 Å². The fourth-order valence-electron chi connectivity index (χ4n) is 0.940. The van der Waals surface area contributed by atoms with Gasteiger partial charge in [0.1, 0.15) is 0 Å². The lowest BCUT2D eigenvalue weighted by atomic mass is 10.1. The molecule has 0 unspecified atom stereocenters. The highest BCUT2D eigenvalue weighted by Crippen LogP contribution is 2.10. The molecule has 0 aliphatic rings. The quantitative estimate of drug-likeness (QED) is 0.710. The lowest BCUT2D eigenvalue weighted by molar-refractivity contribution is 0.922. The van der Waals surface area contributed by atoms with Crippen molar-refractivity contribution in [2.24, 2.45) is 5.14 Å². The molecule has 0 bridgehead atoms. The van der Waals surface area contributed by atoms with Crippen molar-refractivity contribution in [3.8, 4) is 0 Å². The number of nitrogens with two attached hydrogens (primary N) is 1. The summed E-state index contributed by atoms with van der Waals surface area (Å²) < 4.78 is 0. The Balaban J connectivity index is 0.000000561. The summed E-state index contributed by atoms with van der Waals surface area (Å²) in [4.78, 5) is 0. The van der Waals surface area contributed by atoms with Gasteiger partial charge < -0.3 is 0 Å². The Morgan fingerprint density at radius 2 is 1.75 bits per heavy atom. The molecule has 68 valence electrons. The number of benzene rings is 1. The molecule has 12 heavy (non-hydrogen) atoms. The van der Waals surface area contributed by atoms with Gasteiger partial charge in [0.05, 0.1) is 0 Å². The Hall–Kier alpha value is -0.180. The van der Waals surface area contributed by atoms with Gasteiger partial charge in [0.15, 0.2) is 0 Å². The summed E-state index contributed by atoms with van der Waals surface area (Å²) in [6, 6.07) is 8.02. The topological polar surface area (TPSA) is 26.0 Å². The standard InChI is InChI=1S/C9H11Cl.H3NS/c1-2-3-8-4-6-9(10)7-5-8;1-2/h4-7H,2-3H2,1H3;2H,1H2. The SMILES string of the molecule is CCCc1ccc(Cl)cc1.NS. The largest absolute Gasteiger partial charge is 0.281 e. The summed E-state index contributed by atoms with van der Waals surface area (Å²) in [7, 11) is 0. The van der Waals surface area contributed by atoms with Gasteiger partial charge in [0.25, 0.3) is 0 Å². The predicted molar refractivity (Wildman–Crippen MR) is 58.6 cm³/mol. The molecule has 0 saturated heterocycles. The minimum absolute atomic E-state index is 0.819. The van der Waals surface area contributed by atoms with Gasteiger partial charge in [-0.05, 0) is 24.1 Å². The lowest BCUT2D eigenvalue weighted by Crippen LogP contribution is -1.80. The first-order valence-electron chi connectivity index (χ1n) is 3.83. The highest BCUT2D eigenvalue weighted by Gasteiger charge is 1.89. The van der Waals surface area contributed by atoms with Gasteiger partial charge in [-0.15, -0.1) is 12.8 Å². The third kappa shape index (κ3) is 4.65. The predicted octanol–water partition coefficient (Wildman–Crippen LogP) is 3.08. The van der Waals surface area contributed by atoms with Crippen LogP contribution < -0.4 is 5.14 Å². The van der Waals surface area contributed by atoms with Crippen LogP contribution in [0.2, 0.25) is 5.02 Å². The van der Waals surface area contributed by atoms with Crippen molar-refractivity contribution in [1.82, 2.24) is 0 Å². The third-order valence-electron chi connectivity index (χ3n) is 1.45. The molecule has 3 heteroatoms. The molecule has 0 aromatic heterocycles. The van der Waals surface area contributed by atoms with Gasteiger partial charge in [-0.25, -0.2) is 0 Å². The first-order chi connectivity index (χ1) is 5.83. The molecule has 0 radical (unpaired) electrons. The normalized spacial score (nSPS) is 8.67. The van der Waals surface area contributed by atoms with E-state index in [1.54, 1.807) is 0 Å². The van der Waals surface area contributed by atoms with Crippen molar-refractivity contribution < 1.29 is 0 Å². The molecule has 0 heterocycles. The molecular weight excluding hydrogens is 190 g/mol. The van der Waals surface area contributed by atoms with Crippen molar-refractivity contribution in [1.29, 1.82) is 0 Å². The average molecular weight is 204 g/mol. The monoisotopic (exact) mass is 203 g/mol. The Bertz CT molecular complexity index is 198. The fraction of sp³-hybridized carbons (Fsp3) is 0.333. The van der Waals surface area contributed by atoms with E-state index < -0.39 is 0 Å². The summed E-state index contributed by atoms with van der Waals surface area (Å²) in [5, 5.41) is 5.01. The highest BCUT2D eigenvalue weighted by atomic mass is 35.5. The van der Waals surface area contributed by atoms with Crippen LogP contribution in [0, 0.1) is 0 Å². The van der Waals surface area contributed by atoms with Crippen LogP contribution in [-0.2, 0) is 6.42 Å². The number of halogens is 1. The van der Waals surface area contributed by atoms with Crippen molar-refractivity contribution in [3.05, 3.63) is 34.9 Å². The van der Waals surface area contributed by atoms with E-state index in [-0.39, 0.29) is 0 Å². The number of thiol groups is 1. The maximum atomic E-state index is 5.71. The van der Waals surface area contributed by atoms with Gasteiger partial charge in [0.2, 0.25) is 0 Å². The van der Waals surface area contributed by atoms with E-state index in [0.29, 0.717) is 0 Å². The number of aryl methyl sites for hydroxylation is 1. The van der Waals surface area contributed by atoms with Gasteiger partial charge in [-0.3, -0.25) is 5.14 Å². The van der Waals surface area contributed by atoms with Crippen molar-refractivity contribution >= 4 is 24.4 Å². The summed E-state index contributed by atoms with van der Waals surface area (Å²) in [5.41, 5.74) is 1.37. The molecule has 1 aromatic carbocycles. The lowest BCUT2D eigenvalue weighted by Gasteiger charge is -1.96. The van der Waals surface area contributed by atoms with Gasteiger partial charge in [-0.2, -0.15) is 0 Å². The number of hydrogen-bond acceptors (Lipinski definition) is 2. The molecule has 1 rings (SSSR count). The first-order valence-corrected chi connectivity index (χ1v) is 4.72. The van der Waals surface area contributed by atoms with Crippen molar-refractivity contribution in [3.63, 3.8) is 0 Å². The third-order valence-corrected chi connectivity index (χ3v) is 1.70. The average Bonchev–Trinajstić information content (AvgIpc) is 2.13. The van der Waals surface area contributed by atoms with Gasteiger partial charge in [0, 0.05) is 5.02 Å². The highest BCUT2D eigenvalue weighted by molar-refractivity contribution is 7.77. The second-order valence-electron chi connectivity index (χ2n) is 2.38. The fourth-order valence-corrected chi connectivity index (χ4v) is 1.07. The van der Waals surface area contributed by atoms with E-state index in [1.807, 2.05) is 12.1 Å². The summed E-state index contributed by atoms with van der Waals surface area (Å²) >= 11 is 8.74. The summed E-state index contributed by atoms with van der Waals surface area (Å²) in [5.74, 6) is 0. The van der Waals surface area contributed by atoms with Crippen LogP contribution in [0.15, 0.2) is 24.3 Å². The molecule has 0 amide bonds. The van der Waals surface area contributed by atoms with Crippen molar-refractivity contribution in [2.75, 3.05) is 0 Å². The second-order valence-corrected chi connectivity index (χ2v) is 2.81. The molecule has 0 atom stereocenters. The molecule has 0 saturated carbocycles. The van der Waals surface area contributed by atoms with E-state index in [0.717, 1.165) is 11.4 Å². The van der Waals surface area contributed by atoms with E-state index >= 15 is 0 Å². The summed E-state index contributed by atoms with van der Waals surface area (Å²) in [6.07, 6.45) is 2.35. The van der Waals surface area contributed by atoms with Crippen LogP contribution >= 0.6 is 24.4 Å². The Kier molecular flexibility index (Phi) is 7.36. The van der Waals surface area contributed by atoms with E-state index in [4.69, 9.17) is 11.6 Å². The van der Waals surface area contributed by atoms with Crippen LogP contribution in [-0.4, -0.2) is 0 Å². The summed E-state index contributed by atoms with van der Waals surface area (Å²) in [6.45, 7) is 2.18. The van der Waals surface area contributed by atoms with Crippen molar-refractivity contribution in [2.45, 2.75) is 19.8 Å².